The Kier molecular flexibility index (Phi) is 1410. The SMILES string of the molecule is C=O.C=O.C=O.[CH-]=CC=C.[Ru+]. The molecule has 0 aliphatic heterocycles. The minimum atomic E-state index is 0. The van der Waals surface area contributed by atoms with Crippen molar-refractivity contribution in [3.8, 4) is 0 Å². The van der Waals surface area contributed by atoms with Crippen LogP contribution in [0.5, 0.6) is 0 Å². The van der Waals surface area contributed by atoms with Crippen LogP contribution in [0.3, 0.4) is 0 Å². The van der Waals surface area contributed by atoms with Crippen molar-refractivity contribution in [3.05, 3.63) is 25.3 Å². The molecule has 11 heavy (non-hydrogen) atoms. The van der Waals surface area contributed by atoms with Crippen molar-refractivity contribution in [3.63, 3.8) is 0 Å². The molecule has 0 aliphatic carbocycles. The number of carbonyl (C=O) groups is 3. The minimum Gasteiger partial charge on any atom is -0.307 e. The third-order valence-corrected chi connectivity index (χ3v) is 0.136. The Morgan fingerprint density at radius 2 is 1.00 bits per heavy atom. The second-order valence-corrected chi connectivity index (χ2v) is 0.428. The molecule has 1 radical (unpaired) electrons. The Morgan fingerprint density at radius 1 is 0.909 bits per heavy atom. The average Bonchev–Trinajstić information content (AvgIpc) is 2.14. The summed E-state index contributed by atoms with van der Waals surface area (Å²) in [6, 6.07) is 0. The van der Waals surface area contributed by atoms with E-state index in [9.17, 15) is 0 Å². The van der Waals surface area contributed by atoms with Gasteiger partial charge in [-0.05, 0) is 0 Å². The standard InChI is InChI=1S/C4H5.3CH2O.Ru/c1-3-4-2;3*1-2;/h1,3-4H,2H2;3*1H2;/q-1;;;;+1. The number of hydrogen-bond donors (Lipinski definition) is 0. The van der Waals surface area contributed by atoms with Gasteiger partial charge in [0, 0.05) is 0 Å². The number of rotatable bonds is 1. The molecule has 3 nitrogen and oxygen atoms in total. The van der Waals surface area contributed by atoms with Crippen molar-refractivity contribution in [2.24, 2.45) is 0 Å². The quantitative estimate of drug-likeness (QED) is 0.385. The predicted octanol–water partition coefficient (Wildman–Crippen LogP) is 0.604. The second-order valence-electron chi connectivity index (χ2n) is 0.428. The molecule has 4 heteroatoms. The molecule has 0 aromatic rings. The van der Waals surface area contributed by atoms with Crippen molar-refractivity contribution in [1.29, 1.82) is 0 Å². The zero-order valence-corrected chi connectivity index (χ0v) is 7.88. The van der Waals surface area contributed by atoms with E-state index in [0.717, 1.165) is 0 Å². The van der Waals surface area contributed by atoms with Crippen LogP contribution in [0.15, 0.2) is 18.7 Å². The fourth-order valence-electron chi connectivity index (χ4n) is 0. The largest absolute Gasteiger partial charge is 1.00 e. The molecular formula is C7H11O3Ru. The van der Waals surface area contributed by atoms with E-state index < -0.39 is 0 Å². The van der Waals surface area contributed by atoms with Crippen molar-refractivity contribution < 1.29 is 33.9 Å². The first-order chi connectivity index (χ1) is 4.91. The smallest absolute Gasteiger partial charge is 0.307 e. The zero-order chi connectivity index (χ0) is 9.41. The summed E-state index contributed by atoms with van der Waals surface area (Å²) in [6.45, 7) is 14.1. The fourth-order valence-corrected chi connectivity index (χ4v) is 0. The molecule has 0 aromatic carbocycles. The molecule has 0 unspecified atom stereocenters. The molecule has 0 aliphatic rings. The van der Waals surface area contributed by atoms with E-state index >= 15 is 0 Å². The molecule has 0 fully saturated rings. The van der Waals surface area contributed by atoms with E-state index in [2.05, 4.69) is 6.58 Å². The van der Waals surface area contributed by atoms with E-state index in [1.807, 2.05) is 20.4 Å². The average molecular weight is 244 g/mol. The van der Waals surface area contributed by atoms with Gasteiger partial charge in [-0.2, -0.15) is 6.58 Å². The van der Waals surface area contributed by atoms with Crippen LogP contribution in [-0.2, 0) is 33.9 Å². The van der Waals surface area contributed by atoms with Gasteiger partial charge >= 0.3 is 19.5 Å². The van der Waals surface area contributed by atoms with Gasteiger partial charge in [-0.15, -0.1) is 0 Å². The summed E-state index contributed by atoms with van der Waals surface area (Å²) in [4.78, 5) is 24.0. The van der Waals surface area contributed by atoms with E-state index in [-0.39, 0.29) is 19.5 Å². The van der Waals surface area contributed by atoms with Gasteiger partial charge in [-0.1, -0.05) is 0 Å². The predicted molar refractivity (Wildman–Crippen MR) is 40.4 cm³/mol. The van der Waals surface area contributed by atoms with Gasteiger partial charge in [0.25, 0.3) is 0 Å². The topological polar surface area (TPSA) is 51.2 Å². The fraction of sp³-hybridized carbons (Fsp3) is 0. The van der Waals surface area contributed by atoms with Crippen LogP contribution in [0.4, 0.5) is 0 Å². The first kappa shape index (κ1) is 32.1. The summed E-state index contributed by atoms with van der Waals surface area (Å²) in [5.41, 5.74) is 0. The molecule has 0 spiro atoms. The van der Waals surface area contributed by atoms with Crippen LogP contribution in [0.1, 0.15) is 0 Å². The number of carbonyl (C=O) groups excluding carboxylic acids is 3. The summed E-state index contributed by atoms with van der Waals surface area (Å²) in [5.74, 6) is 0. The van der Waals surface area contributed by atoms with Gasteiger partial charge < -0.3 is 14.4 Å². The maximum atomic E-state index is 8.00. The summed E-state index contributed by atoms with van der Waals surface area (Å²) in [5, 5.41) is 0. The van der Waals surface area contributed by atoms with E-state index in [1.54, 1.807) is 0 Å². The van der Waals surface area contributed by atoms with Crippen LogP contribution in [-0.4, -0.2) is 20.4 Å². The molecule has 0 bridgehead atoms. The Hall–Kier alpha value is -0.887. The maximum absolute atomic E-state index is 8.00. The molecule has 0 atom stereocenters. The monoisotopic (exact) mass is 245 g/mol. The van der Waals surface area contributed by atoms with Crippen molar-refractivity contribution in [1.82, 2.24) is 0 Å². The Labute approximate surface area is 79.9 Å². The van der Waals surface area contributed by atoms with Crippen LogP contribution < -0.4 is 0 Å². The Bertz CT molecular complexity index is 56.0. The van der Waals surface area contributed by atoms with Crippen LogP contribution >= 0.6 is 0 Å². The Morgan fingerprint density at radius 3 is 1.00 bits per heavy atom. The summed E-state index contributed by atoms with van der Waals surface area (Å²) < 4.78 is 0. The first-order valence-electron chi connectivity index (χ1n) is 1.94. The van der Waals surface area contributed by atoms with Crippen LogP contribution in [0.2, 0.25) is 0 Å². The molecule has 0 heterocycles. The molecule has 0 rings (SSSR count). The summed E-state index contributed by atoms with van der Waals surface area (Å²) in [6.07, 6.45) is 2.92. The van der Waals surface area contributed by atoms with E-state index in [4.69, 9.17) is 21.0 Å². The van der Waals surface area contributed by atoms with Gasteiger partial charge in [0.1, 0.15) is 20.4 Å². The molecule has 65 valence electrons. The third kappa shape index (κ3) is 35900. The third-order valence-electron chi connectivity index (χ3n) is 0.136. The zero-order valence-electron chi connectivity index (χ0n) is 6.14. The van der Waals surface area contributed by atoms with Crippen molar-refractivity contribution in [2.45, 2.75) is 0 Å². The van der Waals surface area contributed by atoms with Gasteiger partial charge in [-0.3, -0.25) is 6.58 Å². The van der Waals surface area contributed by atoms with E-state index in [1.165, 1.54) is 12.2 Å². The minimum absolute atomic E-state index is 0. The molecular weight excluding hydrogens is 233 g/mol. The van der Waals surface area contributed by atoms with Crippen LogP contribution in [0.25, 0.3) is 0 Å². The molecule has 0 saturated heterocycles. The van der Waals surface area contributed by atoms with Crippen molar-refractivity contribution >= 4 is 20.4 Å². The molecule has 0 N–H and O–H groups in total. The van der Waals surface area contributed by atoms with E-state index in [0.29, 0.717) is 0 Å². The Balaban J connectivity index is -0.0000000152. The first-order valence-corrected chi connectivity index (χ1v) is 1.94. The normalized spacial score (nSPS) is 2.91. The van der Waals surface area contributed by atoms with Gasteiger partial charge in [-0.25, -0.2) is 12.2 Å². The number of allylic oxidation sites excluding steroid dienone is 2. The van der Waals surface area contributed by atoms with Gasteiger partial charge in [0.15, 0.2) is 0 Å². The molecule has 0 saturated carbocycles. The molecule has 0 aromatic heterocycles. The van der Waals surface area contributed by atoms with Gasteiger partial charge in [0.2, 0.25) is 0 Å². The number of hydrogen-bond acceptors (Lipinski definition) is 3. The van der Waals surface area contributed by atoms with Gasteiger partial charge in [0.05, 0.1) is 0 Å². The van der Waals surface area contributed by atoms with Crippen LogP contribution in [0, 0.1) is 6.58 Å². The van der Waals surface area contributed by atoms with Crippen molar-refractivity contribution in [2.75, 3.05) is 0 Å². The summed E-state index contributed by atoms with van der Waals surface area (Å²) >= 11 is 0. The maximum Gasteiger partial charge on any atom is 1.00 e. The second kappa shape index (κ2) is 484. The molecule has 0 amide bonds. The summed E-state index contributed by atoms with van der Waals surface area (Å²) in [7, 11) is 0.